The molecular weight excluding hydrogens is 298 g/mol. The van der Waals surface area contributed by atoms with Crippen LogP contribution in [-0.4, -0.2) is 21.1 Å². The highest BCUT2D eigenvalue weighted by Crippen LogP contribution is 2.28. The van der Waals surface area contributed by atoms with Crippen LogP contribution in [0.15, 0.2) is 17.0 Å². The van der Waals surface area contributed by atoms with Gasteiger partial charge in [-0.25, -0.2) is 13.1 Å². The number of aryl methyl sites for hydroxylation is 2. The van der Waals surface area contributed by atoms with Crippen molar-refractivity contribution < 1.29 is 13.2 Å². The molecule has 0 radical (unpaired) electrons. The second-order valence-electron chi connectivity index (χ2n) is 6.31. The zero-order chi connectivity index (χ0) is 16.3. The topological polar surface area (TPSA) is 55.4 Å². The molecule has 1 aliphatic carbocycles. The van der Waals surface area contributed by atoms with Crippen molar-refractivity contribution in [1.82, 2.24) is 4.72 Å². The summed E-state index contributed by atoms with van der Waals surface area (Å²) >= 11 is 0. The first-order valence-corrected chi connectivity index (χ1v) is 9.60. The van der Waals surface area contributed by atoms with Gasteiger partial charge in [-0.15, -0.1) is 0 Å². The van der Waals surface area contributed by atoms with E-state index in [1.165, 1.54) is 6.42 Å². The number of rotatable bonds is 5. The number of ether oxygens (including phenoxy) is 1. The molecule has 0 saturated heterocycles. The maximum atomic E-state index is 12.7. The molecule has 0 aliphatic heterocycles. The summed E-state index contributed by atoms with van der Waals surface area (Å²) in [6.45, 7) is 8.33. The quantitative estimate of drug-likeness (QED) is 0.900. The van der Waals surface area contributed by atoms with E-state index in [4.69, 9.17) is 4.74 Å². The zero-order valence-electron chi connectivity index (χ0n) is 14.0. The van der Waals surface area contributed by atoms with Gasteiger partial charge in [0.05, 0.1) is 11.5 Å². The third-order valence-electron chi connectivity index (χ3n) is 4.48. The molecule has 4 nitrogen and oxygen atoms in total. The lowest BCUT2D eigenvalue weighted by Gasteiger charge is -2.29. The number of nitrogens with one attached hydrogen (secondary N) is 1. The van der Waals surface area contributed by atoms with Crippen molar-refractivity contribution in [3.05, 3.63) is 23.3 Å². The van der Waals surface area contributed by atoms with Crippen molar-refractivity contribution >= 4 is 10.0 Å². The summed E-state index contributed by atoms with van der Waals surface area (Å²) in [6.07, 6.45) is 4.31. The molecule has 1 aromatic carbocycles. The summed E-state index contributed by atoms with van der Waals surface area (Å²) in [6, 6.07) is 3.58. The number of sulfonamides is 1. The minimum atomic E-state index is -3.48. The van der Waals surface area contributed by atoms with E-state index in [1.54, 1.807) is 6.07 Å². The van der Waals surface area contributed by atoms with Crippen LogP contribution in [0.4, 0.5) is 0 Å². The van der Waals surface area contributed by atoms with Crippen LogP contribution in [0, 0.1) is 19.8 Å². The van der Waals surface area contributed by atoms with E-state index in [9.17, 15) is 8.42 Å². The van der Waals surface area contributed by atoms with Gasteiger partial charge in [0.2, 0.25) is 10.0 Å². The highest BCUT2D eigenvalue weighted by Gasteiger charge is 2.28. The molecule has 1 fully saturated rings. The highest BCUT2D eigenvalue weighted by atomic mass is 32.2. The summed E-state index contributed by atoms with van der Waals surface area (Å²) in [7, 11) is -3.48. The van der Waals surface area contributed by atoms with Crippen LogP contribution >= 0.6 is 0 Å². The Morgan fingerprint density at radius 3 is 2.50 bits per heavy atom. The van der Waals surface area contributed by atoms with Crippen molar-refractivity contribution in [1.29, 1.82) is 0 Å². The molecule has 5 heteroatoms. The lowest BCUT2D eigenvalue weighted by atomic mass is 9.87. The van der Waals surface area contributed by atoms with Crippen LogP contribution in [0.5, 0.6) is 5.75 Å². The lowest BCUT2D eigenvalue weighted by Crippen LogP contribution is -2.41. The third-order valence-corrected chi connectivity index (χ3v) is 6.11. The predicted octanol–water partition coefficient (Wildman–Crippen LogP) is 3.56. The van der Waals surface area contributed by atoms with E-state index in [-0.39, 0.29) is 6.04 Å². The molecule has 1 aromatic rings. The van der Waals surface area contributed by atoms with Crippen LogP contribution < -0.4 is 9.46 Å². The Bertz CT molecular complexity index is 625. The van der Waals surface area contributed by atoms with Gasteiger partial charge in [0.15, 0.2) is 0 Å². The largest absolute Gasteiger partial charge is 0.494 e. The first-order chi connectivity index (χ1) is 10.3. The maximum Gasteiger partial charge on any atom is 0.241 e. The second-order valence-corrected chi connectivity index (χ2v) is 7.99. The van der Waals surface area contributed by atoms with Crippen LogP contribution in [0.3, 0.4) is 0 Å². The fourth-order valence-corrected chi connectivity index (χ4v) is 4.81. The van der Waals surface area contributed by atoms with E-state index in [0.29, 0.717) is 17.4 Å². The molecule has 0 unspecified atom stereocenters. The van der Waals surface area contributed by atoms with Gasteiger partial charge in [-0.2, -0.15) is 0 Å². The maximum absolute atomic E-state index is 12.7. The van der Waals surface area contributed by atoms with Gasteiger partial charge in [0.1, 0.15) is 5.75 Å². The van der Waals surface area contributed by atoms with Gasteiger partial charge >= 0.3 is 0 Å². The minimum absolute atomic E-state index is 0.0463. The number of hydrogen-bond acceptors (Lipinski definition) is 3. The molecule has 2 atom stereocenters. The van der Waals surface area contributed by atoms with Crippen LogP contribution in [0.25, 0.3) is 0 Å². The summed E-state index contributed by atoms with van der Waals surface area (Å²) in [4.78, 5) is 0.367. The smallest absolute Gasteiger partial charge is 0.241 e. The van der Waals surface area contributed by atoms with Gasteiger partial charge < -0.3 is 4.74 Å². The molecule has 0 spiro atoms. The van der Waals surface area contributed by atoms with Crippen LogP contribution in [0.1, 0.15) is 50.7 Å². The highest BCUT2D eigenvalue weighted by molar-refractivity contribution is 7.89. The predicted molar refractivity (Wildman–Crippen MR) is 88.8 cm³/mol. The molecule has 0 heterocycles. The average molecular weight is 325 g/mol. The molecule has 0 bridgehead atoms. The monoisotopic (exact) mass is 325 g/mol. The summed E-state index contributed by atoms with van der Waals surface area (Å²) in [5.74, 6) is 1.15. The number of hydrogen-bond donors (Lipinski definition) is 1. The third kappa shape index (κ3) is 3.82. The molecule has 1 aliphatic rings. The Morgan fingerprint density at radius 1 is 1.18 bits per heavy atom. The molecule has 22 heavy (non-hydrogen) atoms. The summed E-state index contributed by atoms with van der Waals surface area (Å²) in [5.41, 5.74) is 1.58. The zero-order valence-corrected chi connectivity index (χ0v) is 14.8. The first kappa shape index (κ1) is 17.3. The Balaban J connectivity index is 2.27. The Labute approximate surface area is 134 Å². The van der Waals surface area contributed by atoms with Crippen molar-refractivity contribution in [3.63, 3.8) is 0 Å². The molecule has 0 amide bonds. The Hall–Kier alpha value is -1.07. The van der Waals surface area contributed by atoms with Crippen LogP contribution in [0.2, 0.25) is 0 Å². The SMILES string of the molecule is CCOc1cc(C)c(S(=O)(=O)N[C@@H]2CCCC[C@H]2C)cc1C. The van der Waals surface area contributed by atoms with Gasteiger partial charge in [-0.3, -0.25) is 0 Å². The minimum Gasteiger partial charge on any atom is -0.494 e. The van der Waals surface area contributed by atoms with E-state index in [1.807, 2.05) is 26.8 Å². The van der Waals surface area contributed by atoms with Gasteiger partial charge in [0, 0.05) is 6.04 Å². The molecular formula is C17H27NO3S. The summed E-state index contributed by atoms with van der Waals surface area (Å²) in [5, 5.41) is 0. The van der Waals surface area contributed by atoms with Gasteiger partial charge in [-0.1, -0.05) is 19.8 Å². The molecule has 1 N–H and O–H groups in total. The van der Waals surface area contributed by atoms with E-state index in [2.05, 4.69) is 11.6 Å². The van der Waals surface area contributed by atoms with E-state index < -0.39 is 10.0 Å². The normalized spacial score (nSPS) is 22.5. The van der Waals surface area contributed by atoms with E-state index >= 15 is 0 Å². The standard InChI is InChI=1S/C17H27NO3S/c1-5-21-16-10-14(4)17(11-13(16)3)22(19,20)18-15-9-7-6-8-12(15)2/h10-12,15,18H,5-9H2,1-4H3/t12-,15-/m1/s1. The van der Waals surface area contributed by atoms with Crippen LogP contribution in [-0.2, 0) is 10.0 Å². The lowest BCUT2D eigenvalue weighted by molar-refractivity contribution is 0.310. The van der Waals surface area contributed by atoms with E-state index in [0.717, 1.165) is 36.1 Å². The van der Waals surface area contributed by atoms with Gasteiger partial charge in [0.25, 0.3) is 0 Å². The number of benzene rings is 1. The first-order valence-electron chi connectivity index (χ1n) is 8.11. The second kappa shape index (κ2) is 7.01. The van der Waals surface area contributed by atoms with Crippen molar-refractivity contribution in [2.75, 3.05) is 6.61 Å². The van der Waals surface area contributed by atoms with Crippen molar-refractivity contribution in [2.45, 2.75) is 64.3 Å². The fraction of sp³-hybridized carbons (Fsp3) is 0.647. The Morgan fingerprint density at radius 2 is 1.86 bits per heavy atom. The van der Waals surface area contributed by atoms with Gasteiger partial charge in [-0.05, 0) is 62.8 Å². The molecule has 1 saturated carbocycles. The Kier molecular flexibility index (Phi) is 5.50. The average Bonchev–Trinajstić information content (AvgIpc) is 2.45. The molecule has 2 rings (SSSR count). The molecule has 0 aromatic heterocycles. The fourth-order valence-electron chi connectivity index (χ4n) is 3.12. The summed E-state index contributed by atoms with van der Waals surface area (Å²) < 4.78 is 33.9. The molecule has 124 valence electrons. The van der Waals surface area contributed by atoms with Crippen molar-refractivity contribution in [3.8, 4) is 5.75 Å². The van der Waals surface area contributed by atoms with Crippen molar-refractivity contribution in [2.24, 2.45) is 5.92 Å².